The molecule has 3 nitrogen and oxygen atoms in total. The molecule has 0 aliphatic carbocycles. The minimum Gasteiger partial charge on any atom is -0.270 e. The molecule has 1 aromatic carbocycles. The summed E-state index contributed by atoms with van der Waals surface area (Å²) in [6.45, 7) is 3.59. The number of hydrogen-bond acceptors (Lipinski definition) is 2. The van der Waals surface area contributed by atoms with Gasteiger partial charge in [0.2, 0.25) is 5.28 Å². The summed E-state index contributed by atoms with van der Waals surface area (Å²) in [7, 11) is 0. The first-order chi connectivity index (χ1) is 9.21. The molecule has 108 valence electrons. The maximum absolute atomic E-state index is 13.3. The zero-order chi connectivity index (χ0) is 15.1. The second kappa shape index (κ2) is 5.05. The number of rotatable bonds is 2. The van der Waals surface area contributed by atoms with E-state index in [1.807, 2.05) is 0 Å². The Bertz CT molecular complexity index is 634. The Morgan fingerprint density at radius 3 is 2.40 bits per heavy atom. The van der Waals surface area contributed by atoms with E-state index in [0.29, 0.717) is 11.9 Å². The van der Waals surface area contributed by atoms with Crippen molar-refractivity contribution in [2.45, 2.75) is 25.9 Å². The number of benzene rings is 1. The third-order valence-electron chi connectivity index (χ3n) is 2.68. The number of aromatic nitrogens is 3. The maximum Gasteiger partial charge on any atom is 0.419 e. The predicted molar refractivity (Wildman–Crippen MR) is 65.4 cm³/mol. The van der Waals surface area contributed by atoms with Crippen LogP contribution in [0.4, 0.5) is 17.6 Å². The Kier molecular flexibility index (Phi) is 3.73. The van der Waals surface area contributed by atoms with Crippen molar-refractivity contribution in [2.75, 3.05) is 0 Å². The molecule has 0 aliphatic rings. The molecule has 1 aromatic heterocycles. The van der Waals surface area contributed by atoms with Crippen LogP contribution in [0, 0.1) is 5.82 Å². The van der Waals surface area contributed by atoms with Crippen LogP contribution in [-0.2, 0) is 6.18 Å². The standard InChI is InChI=1S/C12H10ClF4N3/c1-6(2)10-18-19-11(13)20(10)7-3-4-9(14)8(5-7)12(15,16)17/h3-6H,1-2H3. The van der Waals surface area contributed by atoms with Crippen LogP contribution in [0.3, 0.4) is 0 Å². The minimum absolute atomic E-state index is 0.0671. The van der Waals surface area contributed by atoms with Crippen LogP contribution < -0.4 is 0 Å². The quantitative estimate of drug-likeness (QED) is 0.778. The highest BCUT2D eigenvalue weighted by Gasteiger charge is 2.34. The molecule has 2 rings (SSSR count). The van der Waals surface area contributed by atoms with Gasteiger partial charge >= 0.3 is 6.18 Å². The summed E-state index contributed by atoms with van der Waals surface area (Å²) < 4.78 is 52.7. The zero-order valence-corrected chi connectivity index (χ0v) is 11.3. The van der Waals surface area contributed by atoms with Gasteiger partial charge in [-0.1, -0.05) is 13.8 Å². The first kappa shape index (κ1) is 14.8. The van der Waals surface area contributed by atoms with Gasteiger partial charge in [-0.25, -0.2) is 4.39 Å². The average Bonchev–Trinajstić information content (AvgIpc) is 2.70. The van der Waals surface area contributed by atoms with Crippen molar-refractivity contribution < 1.29 is 17.6 Å². The molecule has 0 saturated carbocycles. The molecule has 0 bridgehead atoms. The lowest BCUT2D eigenvalue weighted by atomic mass is 10.1. The second-order valence-electron chi connectivity index (χ2n) is 4.48. The molecule has 1 heterocycles. The van der Waals surface area contributed by atoms with Crippen LogP contribution in [0.2, 0.25) is 5.28 Å². The van der Waals surface area contributed by atoms with Crippen LogP contribution in [0.15, 0.2) is 18.2 Å². The van der Waals surface area contributed by atoms with Gasteiger partial charge < -0.3 is 0 Å². The summed E-state index contributed by atoms with van der Waals surface area (Å²) in [6, 6.07) is 2.64. The summed E-state index contributed by atoms with van der Waals surface area (Å²) in [5.74, 6) is -1.04. The van der Waals surface area contributed by atoms with Gasteiger partial charge in [0.25, 0.3) is 0 Å². The van der Waals surface area contributed by atoms with Crippen LogP contribution in [0.1, 0.15) is 31.2 Å². The summed E-state index contributed by atoms with van der Waals surface area (Å²) >= 11 is 5.84. The van der Waals surface area contributed by atoms with Gasteiger partial charge in [-0.2, -0.15) is 13.2 Å². The first-order valence-electron chi connectivity index (χ1n) is 5.69. The summed E-state index contributed by atoms with van der Waals surface area (Å²) in [5, 5.41) is 7.37. The van der Waals surface area contributed by atoms with Crippen molar-refractivity contribution >= 4 is 11.6 Å². The highest BCUT2D eigenvalue weighted by Crippen LogP contribution is 2.33. The summed E-state index contributed by atoms with van der Waals surface area (Å²) in [6.07, 6.45) is -4.78. The molecule has 0 amide bonds. The molecule has 0 aliphatic heterocycles. The fraction of sp³-hybridized carbons (Fsp3) is 0.333. The molecular formula is C12H10ClF4N3. The molecule has 0 saturated heterocycles. The molecule has 0 unspecified atom stereocenters. The van der Waals surface area contributed by atoms with Gasteiger partial charge in [0.05, 0.1) is 11.3 Å². The number of nitrogens with zero attached hydrogens (tertiary/aromatic N) is 3. The Morgan fingerprint density at radius 1 is 1.20 bits per heavy atom. The zero-order valence-electron chi connectivity index (χ0n) is 10.5. The molecule has 8 heteroatoms. The number of alkyl halides is 3. The molecule has 2 aromatic rings. The Labute approximate surface area is 117 Å². The highest BCUT2D eigenvalue weighted by atomic mass is 35.5. The molecule has 0 fully saturated rings. The topological polar surface area (TPSA) is 30.7 Å². The van der Waals surface area contributed by atoms with Crippen molar-refractivity contribution in [3.8, 4) is 5.69 Å². The van der Waals surface area contributed by atoms with Crippen LogP contribution in [0.25, 0.3) is 5.69 Å². The van der Waals surface area contributed by atoms with Gasteiger partial charge in [-0.3, -0.25) is 4.57 Å². The van der Waals surface area contributed by atoms with E-state index in [0.717, 1.165) is 6.07 Å². The molecule has 20 heavy (non-hydrogen) atoms. The van der Waals surface area contributed by atoms with Gasteiger partial charge in [-0.15, -0.1) is 10.2 Å². The third-order valence-corrected chi connectivity index (χ3v) is 2.92. The second-order valence-corrected chi connectivity index (χ2v) is 4.82. The monoisotopic (exact) mass is 307 g/mol. The van der Waals surface area contributed by atoms with E-state index in [4.69, 9.17) is 11.6 Å². The van der Waals surface area contributed by atoms with Crippen LogP contribution in [-0.4, -0.2) is 14.8 Å². The van der Waals surface area contributed by atoms with Crippen molar-refractivity contribution in [2.24, 2.45) is 0 Å². The fourth-order valence-electron chi connectivity index (χ4n) is 1.76. The maximum atomic E-state index is 13.3. The third kappa shape index (κ3) is 2.63. The van der Waals surface area contributed by atoms with E-state index in [9.17, 15) is 17.6 Å². The predicted octanol–water partition coefficient (Wildman–Crippen LogP) is 4.20. The SMILES string of the molecule is CC(C)c1nnc(Cl)n1-c1ccc(F)c(C(F)(F)F)c1. The van der Waals surface area contributed by atoms with Gasteiger partial charge in [0, 0.05) is 5.92 Å². The summed E-state index contributed by atoms with van der Waals surface area (Å²) in [5.41, 5.74) is -1.29. The smallest absolute Gasteiger partial charge is 0.270 e. The largest absolute Gasteiger partial charge is 0.419 e. The molecule has 0 N–H and O–H groups in total. The van der Waals surface area contributed by atoms with Gasteiger partial charge in [0.1, 0.15) is 11.6 Å². The van der Waals surface area contributed by atoms with Crippen LogP contribution in [0.5, 0.6) is 0 Å². The lowest BCUT2D eigenvalue weighted by Crippen LogP contribution is -2.10. The fourth-order valence-corrected chi connectivity index (χ4v) is 1.98. The lowest BCUT2D eigenvalue weighted by Gasteiger charge is -2.13. The van der Waals surface area contributed by atoms with E-state index in [2.05, 4.69) is 10.2 Å². The Balaban J connectivity index is 2.63. The molecule has 0 radical (unpaired) electrons. The van der Waals surface area contributed by atoms with E-state index >= 15 is 0 Å². The number of hydrogen-bond donors (Lipinski definition) is 0. The Morgan fingerprint density at radius 2 is 1.85 bits per heavy atom. The molecule has 0 atom stereocenters. The van der Waals surface area contributed by atoms with Crippen molar-refractivity contribution in [3.05, 3.63) is 40.7 Å². The van der Waals surface area contributed by atoms with E-state index in [1.165, 1.54) is 10.6 Å². The van der Waals surface area contributed by atoms with Crippen molar-refractivity contribution in [3.63, 3.8) is 0 Å². The minimum atomic E-state index is -4.78. The van der Waals surface area contributed by atoms with Gasteiger partial charge in [0.15, 0.2) is 0 Å². The highest BCUT2D eigenvalue weighted by molar-refractivity contribution is 6.28. The average molecular weight is 308 g/mol. The molecular weight excluding hydrogens is 298 g/mol. The summed E-state index contributed by atoms with van der Waals surface area (Å²) in [4.78, 5) is 0. The Hall–Kier alpha value is -1.63. The van der Waals surface area contributed by atoms with Gasteiger partial charge in [-0.05, 0) is 29.8 Å². The number of halogens is 5. The van der Waals surface area contributed by atoms with Crippen molar-refractivity contribution in [1.82, 2.24) is 14.8 Å². The first-order valence-corrected chi connectivity index (χ1v) is 6.07. The molecule has 0 spiro atoms. The van der Waals surface area contributed by atoms with E-state index in [-0.39, 0.29) is 16.9 Å². The van der Waals surface area contributed by atoms with Crippen LogP contribution >= 0.6 is 11.6 Å². The lowest BCUT2D eigenvalue weighted by molar-refractivity contribution is -0.140. The van der Waals surface area contributed by atoms with E-state index in [1.54, 1.807) is 13.8 Å². The van der Waals surface area contributed by atoms with Crippen molar-refractivity contribution in [1.29, 1.82) is 0 Å². The normalized spacial score (nSPS) is 12.2. The van der Waals surface area contributed by atoms with E-state index < -0.39 is 17.6 Å².